The lowest BCUT2D eigenvalue weighted by Crippen LogP contribution is -2.25. The van der Waals surface area contributed by atoms with Crippen molar-refractivity contribution < 1.29 is 22.0 Å². The zero-order valence-corrected chi connectivity index (χ0v) is 24.8. The molecule has 8 nitrogen and oxygen atoms in total. The number of halogens is 1. The van der Waals surface area contributed by atoms with Gasteiger partial charge in [0.25, 0.3) is 5.91 Å². The Bertz CT molecular complexity index is 2210. The summed E-state index contributed by atoms with van der Waals surface area (Å²) in [7, 11) is -0.733. The fourth-order valence-corrected chi connectivity index (χ4v) is 6.40. The summed E-state index contributed by atoms with van der Waals surface area (Å²) in [6.07, 6.45) is 1.11. The molecule has 0 saturated carbocycles. The van der Waals surface area contributed by atoms with Crippen LogP contribution in [0.2, 0.25) is 0 Å². The third-order valence-electron chi connectivity index (χ3n) is 7.14. The standard InChI is InChI=1S/C32H23FN4O4S2/c1-35-31(38)29-24-15-23(20-5-4-6-21(14-20)32-36-25-12-7-18(17-34)13-28(25)42-32)26(37(2)43(3,39)40)16-27(24)41-30(29)19-8-10-22(33)11-9-19/h4-16H,1-3H3,(H,35,38). The molecule has 0 aliphatic heterocycles. The molecule has 1 N–H and O–H groups in total. The Balaban J connectivity index is 1.59. The molecule has 11 heteroatoms. The number of amides is 1. The summed E-state index contributed by atoms with van der Waals surface area (Å²) in [4.78, 5) is 17.9. The van der Waals surface area contributed by atoms with Gasteiger partial charge in [-0.1, -0.05) is 18.2 Å². The molecule has 2 heterocycles. The van der Waals surface area contributed by atoms with E-state index in [-0.39, 0.29) is 11.3 Å². The molecule has 0 aliphatic rings. The second-order valence-electron chi connectivity index (χ2n) is 9.88. The number of nitrogens with one attached hydrogen (secondary N) is 1. The second kappa shape index (κ2) is 10.7. The first-order valence-electron chi connectivity index (χ1n) is 13.0. The number of fused-ring (bicyclic) bond motifs is 2. The molecule has 6 rings (SSSR count). The number of sulfonamides is 1. The largest absolute Gasteiger partial charge is 0.455 e. The molecule has 0 unspecified atom stereocenters. The molecule has 2 aromatic heterocycles. The lowest BCUT2D eigenvalue weighted by atomic mass is 9.97. The van der Waals surface area contributed by atoms with Crippen molar-refractivity contribution in [3.05, 3.63) is 95.8 Å². The maximum Gasteiger partial charge on any atom is 0.255 e. The summed E-state index contributed by atoms with van der Waals surface area (Å²) < 4.78 is 47.3. The number of nitriles is 1. The number of thiazole rings is 1. The van der Waals surface area contributed by atoms with Crippen molar-refractivity contribution in [1.82, 2.24) is 10.3 Å². The van der Waals surface area contributed by atoms with Gasteiger partial charge in [0.05, 0.1) is 39.4 Å². The number of anilines is 1. The molecule has 4 aromatic carbocycles. The fraction of sp³-hybridized carbons (Fsp3) is 0.0938. The van der Waals surface area contributed by atoms with Crippen LogP contribution in [0.25, 0.3) is 54.2 Å². The predicted octanol–water partition coefficient (Wildman–Crippen LogP) is 6.81. The Morgan fingerprint density at radius 3 is 2.47 bits per heavy atom. The molecular formula is C32H23FN4O4S2. The van der Waals surface area contributed by atoms with Crippen molar-refractivity contribution in [3.63, 3.8) is 0 Å². The molecule has 0 aliphatic carbocycles. The molecule has 6 aromatic rings. The average Bonchev–Trinajstić information content (AvgIpc) is 3.60. The molecule has 43 heavy (non-hydrogen) atoms. The molecule has 1 amide bonds. The Morgan fingerprint density at radius 1 is 1.02 bits per heavy atom. The van der Waals surface area contributed by atoms with E-state index in [4.69, 9.17) is 9.40 Å². The smallest absolute Gasteiger partial charge is 0.255 e. The van der Waals surface area contributed by atoms with Crippen LogP contribution < -0.4 is 9.62 Å². The van der Waals surface area contributed by atoms with E-state index >= 15 is 0 Å². The maximum atomic E-state index is 13.7. The number of aromatic nitrogens is 1. The van der Waals surface area contributed by atoms with E-state index in [1.807, 2.05) is 30.3 Å². The SMILES string of the molecule is CNC(=O)c1c(-c2ccc(F)cc2)oc2cc(N(C)S(C)(=O)=O)c(-c3cccc(-c4nc5ccc(C#N)cc5s4)c3)cc12. The molecule has 214 valence electrons. The van der Waals surface area contributed by atoms with Gasteiger partial charge >= 0.3 is 0 Å². The van der Waals surface area contributed by atoms with Gasteiger partial charge in [-0.2, -0.15) is 5.26 Å². The van der Waals surface area contributed by atoms with Crippen molar-refractivity contribution in [3.8, 4) is 39.1 Å². The Kier molecular flexibility index (Phi) is 6.96. The van der Waals surface area contributed by atoms with Crippen LogP contribution in [0.5, 0.6) is 0 Å². The third-order valence-corrected chi connectivity index (χ3v) is 9.40. The number of nitrogens with zero attached hydrogens (tertiary/aromatic N) is 3. The number of rotatable bonds is 6. The van der Waals surface area contributed by atoms with Crippen LogP contribution in [0.15, 0.2) is 83.3 Å². The van der Waals surface area contributed by atoms with E-state index < -0.39 is 21.7 Å². The molecule has 0 radical (unpaired) electrons. The van der Waals surface area contributed by atoms with Gasteiger partial charge in [-0.25, -0.2) is 17.8 Å². The van der Waals surface area contributed by atoms with Crippen LogP contribution in [0.4, 0.5) is 10.1 Å². The molecule has 0 spiro atoms. The maximum absolute atomic E-state index is 13.7. The molecule has 0 bridgehead atoms. The zero-order valence-electron chi connectivity index (χ0n) is 23.2. The molecule has 0 fully saturated rings. The lowest BCUT2D eigenvalue weighted by molar-refractivity contribution is 0.0964. The quantitative estimate of drug-likeness (QED) is 0.222. The van der Waals surface area contributed by atoms with E-state index in [2.05, 4.69) is 11.4 Å². The summed E-state index contributed by atoms with van der Waals surface area (Å²) >= 11 is 1.45. The Labute approximate surface area is 250 Å². The number of furan rings is 1. The van der Waals surface area contributed by atoms with Crippen LogP contribution in [-0.4, -0.2) is 39.7 Å². The number of hydrogen-bond donors (Lipinski definition) is 1. The highest BCUT2D eigenvalue weighted by atomic mass is 32.2. The van der Waals surface area contributed by atoms with Crippen molar-refractivity contribution in [2.45, 2.75) is 0 Å². The van der Waals surface area contributed by atoms with E-state index in [0.717, 1.165) is 31.3 Å². The van der Waals surface area contributed by atoms with Gasteiger partial charge in [0.2, 0.25) is 10.0 Å². The van der Waals surface area contributed by atoms with Crippen LogP contribution >= 0.6 is 11.3 Å². The van der Waals surface area contributed by atoms with Gasteiger partial charge in [0.15, 0.2) is 0 Å². The average molecular weight is 611 g/mol. The number of hydrogen-bond acceptors (Lipinski definition) is 7. The predicted molar refractivity (Wildman–Crippen MR) is 167 cm³/mol. The third kappa shape index (κ3) is 5.11. The minimum absolute atomic E-state index is 0.236. The van der Waals surface area contributed by atoms with Gasteiger partial charge in [-0.3, -0.25) is 9.10 Å². The normalized spacial score (nSPS) is 11.5. The second-order valence-corrected chi connectivity index (χ2v) is 12.9. The first-order chi connectivity index (χ1) is 20.6. The van der Waals surface area contributed by atoms with E-state index in [1.54, 1.807) is 24.3 Å². The number of benzene rings is 4. The van der Waals surface area contributed by atoms with E-state index in [9.17, 15) is 22.9 Å². The van der Waals surface area contributed by atoms with Crippen LogP contribution in [0, 0.1) is 17.1 Å². The summed E-state index contributed by atoms with van der Waals surface area (Å²) in [6.45, 7) is 0. The van der Waals surface area contributed by atoms with E-state index in [1.165, 1.54) is 49.7 Å². The summed E-state index contributed by atoms with van der Waals surface area (Å²) in [5, 5.41) is 13.1. The lowest BCUT2D eigenvalue weighted by Gasteiger charge is -2.21. The summed E-state index contributed by atoms with van der Waals surface area (Å²) in [5.41, 5.74) is 4.73. The topological polar surface area (TPSA) is 116 Å². The fourth-order valence-electron chi connectivity index (χ4n) is 4.89. The minimum Gasteiger partial charge on any atom is -0.455 e. The van der Waals surface area contributed by atoms with Crippen molar-refractivity contribution in [2.75, 3.05) is 24.7 Å². The van der Waals surface area contributed by atoms with Crippen LogP contribution in [0.3, 0.4) is 0 Å². The Hall–Kier alpha value is -5.05. The van der Waals surface area contributed by atoms with Gasteiger partial charge in [0, 0.05) is 42.2 Å². The van der Waals surface area contributed by atoms with Crippen molar-refractivity contribution >= 4 is 54.1 Å². The molecule has 0 atom stereocenters. The number of carbonyl (C=O) groups excluding carboxylic acids is 1. The number of carbonyl (C=O) groups is 1. The van der Waals surface area contributed by atoms with Gasteiger partial charge in [0.1, 0.15) is 22.2 Å². The summed E-state index contributed by atoms with van der Waals surface area (Å²) in [5.74, 6) is -0.605. The molecular weight excluding hydrogens is 588 g/mol. The minimum atomic E-state index is -3.69. The van der Waals surface area contributed by atoms with Gasteiger partial charge < -0.3 is 9.73 Å². The van der Waals surface area contributed by atoms with Gasteiger partial charge in [-0.05, 0) is 60.2 Å². The Morgan fingerprint density at radius 2 is 1.77 bits per heavy atom. The van der Waals surface area contributed by atoms with Crippen molar-refractivity contribution in [1.29, 1.82) is 5.26 Å². The summed E-state index contributed by atoms with van der Waals surface area (Å²) in [6, 6.07) is 23.9. The highest BCUT2D eigenvalue weighted by molar-refractivity contribution is 7.92. The van der Waals surface area contributed by atoms with Crippen molar-refractivity contribution in [2.24, 2.45) is 0 Å². The first kappa shape index (κ1) is 28.1. The highest BCUT2D eigenvalue weighted by Gasteiger charge is 2.26. The van der Waals surface area contributed by atoms with Crippen LogP contribution in [0.1, 0.15) is 15.9 Å². The monoisotopic (exact) mass is 610 g/mol. The highest BCUT2D eigenvalue weighted by Crippen LogP contribution is 2.42. The zero-order chi connectivity index (χ0) is 30.5. The first-order valence-corrected chi connectivity index (χ1v) is 15.7. The molecule has 0 saturated heterocycles. The van der Waals surface area contributed by atoms with Gasteiger partial charge in [-0.15, -0.1) is 11.3 Å². The van der Waals surface area contributed by atoms with E-state index in [0.29, 0.717) is 38.9 Å². The van der Waals surface area contributed by atoms with Crippen LogP contribution in [-0.2, 0) is 10.0 Å².